The Morgan fingerprint density at radius 1 is 1.10 bits per heavy atom. The van der Waals surface area contributed by atoms with Crippen molar-refractivity contribution in [1.29, 1.82) is 0 Å². The first-order valence-electron chi connectivity index (χ1n) is 7.28. The highest BCUT2D eigenvalue weighted by Crippen LogP contribution is 2.15. The van der Waals surface area contributed by atoms with E-state index >= 15 is 0 Å². The first-order valence-corrected chi connectivity index (χ1v) is 7.28. The molecule has 3 amide bonds. The van der Waals surface area contributed by atoms with Crippen LogP contribution in [0.4, 0.5) is 4.79 Å². The quantitative estimate of drug-likeness (QED) is 0.538. The van der Waals surface area contributed by atoms with E-state index in [-0.39, 0.29) is 18.7 Å². The van der Waals surface area contributed by atoms with Gasteiger partial charge in [0.2, 0.25) is 5.91 Å². The molecule has 122 valence electrons. The van der Waals surface area contributed by atoms with E-state index in [9.17, 15) is 19.5 Å². The number of carboxylic acid groups (broad SMARTS) is 1. The van der Waals surface area contributed by atoms with Crippen LogP contribution in [0.15, 0.2) is 0 Å². The van der Waals surface area contributed by atoms with Crippen molar-refractivity contribution in [3.05, 3.63) is 0 Å². The van der Waals surface area contributed by atoms with Crippen molar-refractivity contribution >= 4 is 17.9 Å². The molecular weight excluding hydrogens is 274 g/mol. The summed E-state index contributed by atoms with van der Waals surface area (Å²) in [7, 11) is 0. The summed E-state index contributed by atoms with van der Waals surface area (Å²) < 4.78 is 0. The number of hydrogen-bond acceptors (Lipinski definition) is 3. The van der Waals surface area contributed by atoms with Crippen LogP contribution in [0.5, 0.6) is 0 Å². The minimum absolute atomic E-state index is 0.264. The van der Waals surface area contributed by atoms with Crippen LogP contribution in [0.1, 0.15) is 47.5 Å². The van der Waals surface area contributed by atoms with E-state index in [0.717, 1.165) is 0 Å². The molecule has 21 heavy (non-hydrogen) atoms. The van der Waals surface area contributed by atoms with Crippen LogP contribution in [0, 0.1) is 5.92 Å². The summed E-state index contributed by atoms with van der Waals surface area (Å²) in [6.45, 7) is 9.39. The van der Waals surface area contributed by atoms with Gasteiger partial charge in [-0.3, -0.25) is 4.79 Å². The molecule has 1 atom stereocenters. The van der Waals surface area contributed by atoms with Gasteiger partial charge < -0.3 is 21.1 Å². The predicted molar refractivity (Wildman–Crippen MR) is 79.9 cm³/mol. The average Bonchev–Trinajstić information content (AvgIpc) is 2.41. The van der Waals surface area contributed by atoms with E-state index in [2.05, 4.69) is 16.0 Å². The molecule has 0 aromatic rings. The lowest BCUT2D eigenvalue weighted by atomic mass is 9.93. The summed E-state index contributed by atoms with van der Waals surface area (Å²) in [5.74, 6) is -1.07. The SMILES string of the molecule is CCC(CC)(NC(=O)NC(C)C(=O)NCC(C)C)C(=O)O. The maximum Gasteiger partial charge on any atom is 0.329 e. The van der Waals surface area contributed by atoms with Crippen molar-refractivity contribution in [2.45, 2.75) is 59.0 Å². The summed E-state index contributed by atoms with van der Waals surface area (Å²) in [6.07, 6.45) is 0.528. The number of amides is 3. The topological polar surface area (TPSA) is 108 Å². The highest BCUT2D eigenvalue weighted by Gasteiger charge is 2.36. The Morgan fingerprint density at radius 2 is 1.62 bits per heavy atom. The summed E-state index contributed by atoms with van der Waals surface area (Å²) in [6, 6.07) is -1.39. The number of carbonyl (C=O) groups excluding carboxylic acids is 2. The van der Waals surface area contributed by atoms with Crippen molar-refractivity contribution < 1.29 is 19.5 Å². The Labute approximate surface area is 125 Å². The van der Waals surface area contributed by atoms with Gasteiger partial charge in [-0.1, -0.05) is 27.7 Å². The summed E-state index contributed by atoms with van der Waals surface area (Å²) in [5.41, 5.74) is -1.31. The van der Waals surface area contributed by atoms with Gasteiger partial charge in [0.05, 0.1) is 0 Å². The predicted octanol–water partition coefficient (Wildman–Crippen LogP) is 1.09. The average molecular weight is 301 g/mol. The molecule has 0 aliphatic heterocycles. The van der Waals surface area contributed by atoms with Crippen LogP contribution >= 0.6 is 0 Å². The Morgan fingerprint density at radius 3 is 2.00 bits per heavy atom. The number of carboxylic acids is 1. The lowest BCUT2D eigenvalue weighted by Crippen LogP contribution is -2.59. The largest absolute Gasteiger partial charge is 0.480 e. The zero-order valence-electron chi connectivity index (χ0n) is 13.4. The summed E-state index contributed by atoms with van der Waals surface area (Å²) >= 11 is 0. The summed E-state index contributed by atoms with van der Waals surface area (Å²) in [4.78, 5) is 34.9. The van der Waals surface area contributed by atoms with E-state index in [0.29, 0.717) is 12.5 Å². The van der Waals surface area contributed by atoms with Gasteiger partial charge in [-0.2, -0.15) is 0 Å². The normalized spacial score (nSPS) is 12.7. The standard InChI is InChI=1S/C14H27N3O4/c1-6-14(7-2,12(19)20)17-13(21)16-10(5)11(18)15-8-9(3)4/h9-10H,6-8H2,1-5H3,(H,15,18)(H,19,20)(H2,16,17,21). The second-order valence-corrected chi connectivity index (χ2v) is 5.55. The van der Waals surface area contributed by atoms with Gasteiger partial charge in [-0.05, 0) is 25.7 Å². The Kier molecular flexibility index (Phi) is 7.76. The van der Waals surface area contributed by atoms with Gasteiger partial charge in [0, 0.05) is 6.54 Å². The van der Waals surface area contributed by atoms with Gasteiger partial charge >= 0.3 is 12.0 Å². The van der Waals surface area contributed by atoms with Crippen LogP contribution in [0.25, 0.3) is 0 Å². The first-order chi connectivity index (χ1) is 9.68. The number of aliphatic carboxylic acids is 1. The van der Waals surface area contributed by atoms with Crippen molar-refractivity contribution in [3.63, 3.8) is 0 Å². The molecule has 0 saturated heterocycles. The molecule has 7 nitrogen and oxygen atoms in total. The van der Waals surface area contributed by atoms with E-state index < -0.39 is 23.6 Å². The molecule has 0 spiro atoms. The van der Waals surface area contributed by atoms with E-state index in [4.69, 9.17) is 0 Å². The summed E-state index contributed by atoms with van der Waals surface area (Å²) in [5, 5.41) is 16.8. The number of carbonyl (C=O) groups is 3. The molecule has 0 fully saturated rings. The molecule has 0 aliphatic rings. The number of nitrogens with one attached hydrogen (secondary N) is 3. The van der Waals surface area contributed by atoms with Gasteiger partial charge in [0.15, 0.2) is 0 Å². The highest BCUT2D eigenvalue weighted by atomic mass is 16.4. The van der Waals surface area contributed by atoms with Crippen molar-refractivity contribution in [3.8, 4) is 0 Å². The third kappa shape index (κ3) is 6.01. The number of hydrogen-bond donors (Lipinski definition) is 4. The molecule has 1 unspecified atom stereocenters. The van der Waals surface area contributed by atoms with Crippen molar-refractivity contribution in [2.24, 2.45) is 5.92 Å². The molecule has 0 aliphatic carbocycles. The molecule has 0 saturated carbocycles. The molecule has 0 radical (unpaired) electrons. The van der Waals surface area contributed by atoms with Crippen LogP contribution in [0.2, 0.25) is 0 Å². The fourth-order valence-electron chi connectivity index (χ4n) is 1.76. The molecule has 0 aromatic heterocycles. The molecular formula is C14H27N3O4. The minimum Gasteiger partial charge on any atom is -0.480 e. The second-order valence-electron chi connectivity index (χ2n) is 5.55. The molecule has 7 heteroatoms. The molecule has 0 rings (SSSR count). The maximum absolute atomic E-state index is 11.9. The van der Waals surface area contributed by atoms with Gasteiger partial charge in [0.1, 0.15) is 11.6 Å². The third-order valence-electron chi connectivity index (χ3n) is 3.39. The zero-order chi connectivity index (χ0) is 16.6. The monoisotopic (exact) mass is 301 g/mol. The first kappa shape index (κ1) is 19.2. The lowest BCUT2D eigenvalue weighted by molar-refractivity contribution is -0.144. The third-order valence-corrected chi connectivity index (χ3v) is 3.39. The van der Waals surface area contributed by atoms with E-state index in [1.807, 2.05) is 13.8 Å². The highest BCUT2D eigenvalue weighted by molar-refractivity contribution is 5.90. The van der Waals surface area contributed by atoms with Gasteiger partial charge in [-0.15, -0.1) is 0 Å². The van der Waals surface area contributed by atoms with Crippen LogP contribution in [-0.4, -0.2) is 41.1 Å². The van der Waals surface area contributed by atoms with Crippen LogP contribution < -0.4 is 16.0 Å². The van der Waals surface area contributed by atoms with Gasteiger partial charge in [-0.25, -0.2) is 9.59 Å². The van der Waals surface area contributed by atoms with Gasteiger partial charge in [0.25, 0.3) is 0 Å². The second kappa shape index (κ2) is 8.49. The Balaban J connectivity index is 4.54. The fourth-order valence-corrected chi connectivity index (χ4v) is 1.76. The number of urea groups is 1. The van der Waals surface area contributed by atoms with E-state index in [1.165, 1.54) is 0 Å². The zero-order valence-corrected chi connectivity index (χ0v) is 13.4. The Bertz CT molecular complexity index is 378. The molecule has 4 N–H and O–H groups in total. The van der Waals surface area contributed by atoms with Crippen molar-refractivity contribution in [2.75, 3.05) is 6.54 Å². The molecule has 0 heterocycles. The minimum atomic E-state index is -1.31. The number of rotatable bonds is 8. The Hall–Kier alpha value is -1.79. The molecule has 0 bridgehead atoms. The van der Waals surface area contributed by atoms with Crippen molar-refractivity contribution in [1.82, 2.24) is 16.0 Å². The smallest absolute Gasteiger partial charge is 0.329 e. The van der Waals surface area contributed by atoms with E-state index in [1.54, 1.807) is 20.8 Å². The lowest BCUT2D eigenvalue weighted by Gasteiger charge is -2.28. The fraction of sp³-hybridized carbons (Fsp3) is 0.786. The molecule has 0 aromatic carbocycles. The van der Waals surface area contributed by atoms with Crippen LogP contribution in [0.3, 0.4) is 0 Å². The van der Waals surface area contributed by atoms with Crippen LogP contribution in [-0.2, 0) is 9.59 Å². The maximum atomic E-state index is 11.9.